The molecule has 198 valence electrons. The number of nitrogens with zero attached hydrogens (tertiary/aromatic N) is 3. The van der Waals surface area contributed by atoms with Crippen LogP contribution in [0.25, 0.3) is 10.9 Å². The Labute approximate surface area is 216 Å². The van der Waals surface area contributed by atoms with Crippen LogP contribution >= 0.6 is 0 Å². The van der Waals surface area contributed by atoms with Gasteiger partial charge in [-0.05, 0) is 63.1 Å². The van der Waals surface area contributed by atoms with E-state index in [4.69, 9.17) is 10.5 Å². The quantitative estimate of drug-likeness (QED) is 0.345. The summed E-state index contributed by atoms with van der Waals surface area (Å²) in [6, 6.07) is 7.49. The molecule has 8 nitrogen and oxygen atoms in total. The number of hydrogen-bond acceptors (Lipinski definition) is 5. The summed E-state index contributed by atoms with van der Waals surface area (Å²) in [4.78, 5) is 27.9. The molecule has 0 fully saturated rings. The zero-order valence-corrected chi connectivity index (χ0v) is 21.2. The maximum atomic E-state index is 15.0. The van der Waals surface area contributed by atoms with Gasteiger partial charge < -0.3 is 15.8 Å². The first-order valence-corrected chi connectivity index (χ1v) is 11.6. The molecule has 2 amide bonds. The Morgan fingerprint density at radius 2 is 1.84 bits per heavy atom. The Hall–Kier alpha value is -4.41. The molecule has 3 N–H and O–H groups in total. The third-order valence-electron chi connectivity index (χ3n) is 5.84. The maximum absolute atomic E-state index is 15.0. The highest BCUT2D eigenvalue weighted by Gasteiger charge is 2.39. The van der Waals surface area contributed by atoms with Crippen molar-refractivity contribution in [2.24, 2.45) is 5.73 Å². The predicted molar refractivity (Wildman–Crippen MR) is 136 cm³/mol. The van der Waals surface area contributed by atoms with Crippen LogP contribution < -0.4 is 15.8 Å². The summed E-state index contributed by atoms with van der Waals surface area (Å²) >= 11 is 0. The summed E-state index contributed by atoms with van der Waals surface area (Å²) in [6.45, 7) is 7.58. The number of rotatable bonds is 7. The van der Waals surface area contributed by atoms with Gasteiger partial charge >= 0.3 is 5.92 Å². The molecule has 0 aliphatic carbocycles. The molecule has 0 bridgehead atoms. The summed E-state index contributed by atoms with van der Waals surface area (Å²) in [5, 5.41) is 7.12. The van der Waals surface area contributed by atoms with Crippen LogP contribution in [-0.4, -0.2) is 26.6 Å². The molecule has 0 saturated heterocycles. The third kappa shape index (κ3) is 5.46. The van der Waals surface area contributed by atoms with Crippen LogP contribution in [0.4, 0.5) is 18.9 Å². The SMILES string of the molecule is Cc1cc(CC(=O)Nc2cnn(C(C)(C)C)c2)c(F)cc1Oc1ccnc2ccc(C(F)(F)C(N)=O)cc12. The average Bonchev–Trinajstić information content (AvgIpc) is 3.31. The Kier molecular flexibility index (Phi) is 6.88. The molecule has 11 heteroatoms. The number of nitrogens with one attached hydrogen (secondary N) is 1. The van der Waals surface area contributed by atoms with Gasteiger partial charge in [0.05, 0.1) is 29.4 Å². The number of hydrogen-bond donors (Lipinski definition) is 2. The van der Waals surface area contributed by atoms with Gasteiger partial charge in [0.1, 0.15) is 17.3 Å². The first kappa shape index (κ1) is 26.6. The van der Waals surface area contributed by atoms with Gasteiger partial charge in [-0.1, -0.05) is 6.07 Å². The Morgan fingerprint density at radius 3 is 2.50 bits per heavy atom. The normalized spacial score (nSPS) is 12.0. The number of benzene rings is 2. The van der Waals surface area contributed by atoms with E-state index in [0.717, 1.165) is 18.2 Å². The minimum absolute atomic E-state index is 0.123. The van der Waals surface area contributed by atoms with Crippen molar-refractivity contribution in [2.45, 2.75) is 45.6 Å². The van der Waals surface area contributed by atoms with Gasteiger partial charge in [0.2, 0.25) is 5.91 Å². The number of primary amides is 1. The number of halogens is 3. The van der Waals surface area contributed by atoms with Gasteiger partial charge in [-0.25, -0.2) is 4.39 Å². The summed E-state index contributed by atoms with van der Waals surface area (Å²) in [5.74, 6) is -6.53. The zero-order valence-electron chi connectivity index (χ0n) is 21.2. The lowest BCUT2D eigenvalue weighted by Crippen LogP contribution is -2.32. The van der Waals surface area contributed by atoms with E-state index in [0.29, 0.717) is 16.8 Å². The maximum Gasteiger partial charge on any atom is 0.349 e. The Morgan fingerprint density at radius 1 is 1.11 bits per heavy atom. The molecule has 0 radical (unpaired) electrons. The van der Waals surface area contributed by atoms with Crippen LogP contribution in [0.3, 0.4) is 0 Å². The van der Waals surface area contributed by atoms with Crippen molar-refractivity contribution in [3.63, 3.8) is 0 Å². The van der Waals surface area contributed by atoms with Crippen LogP contribution in [-0.2, 0) is 27.5 Å². The van der Waals surface area contributed by atoms with Crippen LogP contribution in [0.1, 0.15) is 37.5 Å². The molecule has 4 rings (SSSR count). The number of aromatic nitrogens is 3. The minimum atomic E-state index is -3.89. The van der Waals surface area contributed by atoms with Crippen LogP contribution in [0.2, 0.25) is 0 Å². The van der Waals surface area contributed by atoms with Crippen molar-refractivity contribution in [3.8, 4) is 11.5 Å². The van der Waals surface area contributed by atoms with E-state index in [-0.39, 0.29) is 34.4 Å². The third-order valence-corrected chi connectivity index (χ3v) is 5.84. The highest BCUT2D eigenvalue weighted by Crippen LogP contribution is 2.36. The lowest BCUT2D eigenvalue weighted by atomic mass is 10.0. The monoisotopic (exact) mass is 525 g/mol. The molecule has 4 aromatic rings. The average molecular weight is 526 g/mol. The number of nitrogens with two attached hydrogens (primary N) is 1. The van der Waals surface area contributed by atoms with E-state index in [2.05, 4.69) is 15.4 Å². The number of anilines is 1. The molecule has 0 atom stereocenters. The van der Waals surface area contributed by atoms with E-state index >= 15 is 0 Å². The minimum Gasteiger partial charge on any atom is -0.456 e. The molecule has 0 unspecified atom stereocenters. The topological polar surface area (TPSA) is 112 Å². The van der Waals surface area contributed by atoms with E-state index in [1.165, 1.54) is 30.6 Å². The van der Waals surface area contributed by atoms with Gasteiger partial charge in [-0.3, -0.25) is 19.3 Å². The number of aryl methyl sites for hydroxylation is 1. The lowest BCUT2D eigenvalue weighted by molar-refractivity contribution is -0.143. The highest BCUT2D eigenvalue weighted by atomic mass is 19.3. The molecule has 2 aromatic heterocycles. The van der Waals surface area contributed by atoms with Crippen molar-refractivity contribution in [1.82, 2.24) is 14.8 Å². The number of pyridine rings is 1. The fourth-order valence-electron chi connectivity index (χ4n) is 3.77. The second-order valence-corrected chi connectivity index (χ2v) is 9.86. The fraction of sp³-hybridized carbons (Fsp3) is 0.259. The number of alkyl halides is 2. The van der Waals surface area contributed by atoms with Gasteiger partial charge in [0.25, 0.3) is 5.91 Å². The Balaban J connectivity index is 1.56. The van der Waals surface area contributed by atoms with E-state index in [1.807, 2.05) is 20.8 Å². The van der Waals surface area contributed by atoms with Gasteiger partial charge in [0, 0.05) is 29.4 Å². The molecule has 0 aliphatic heterocycles. The number of amides is 2. The van der Waals surface area contributed by atoms with E-state index in [1.54, 1.807) is 17.8 Å². The van der Waals surface area contributed by atoms with Crippen molar-refractivity contribution in [2.75, 3.05) is 5.32 Å². The molecule has 2 aromatic carbocycles. The number of carbonyl (C=O) groups excluding carboxylic acids is 2. The first-order chi connectivity index (χ1) is 17.8. The molecule has 0 saturated carbocycles. The Bertz CT molecular complexity index is 1540. The van der Waals surface area contributed by atoms with Crippen LogP contribution in [0, 0.1) is 12.7 Å². The predicted octanol–water partition coefficient (Wildman–Crippen LogP) is 5.18. The van der Waals surface area contributed by atoms with Crippen molar-refractivity contribution in [3.05, 3.63) is 77.5 Å². The molecule has 0 aliphatic rings. The number of carbonyl (C=O) groups is 2. The number of fused-ring (bicyclic) bond motifs is 1. The second-order valence-electron chi connectivity index (χ2n) is 9.86. The lowest BCUT2D eigenvalue weighted by Gasteiger charge is -2.18. The second kappa shape index (κ2) is 9.81. The van der Waals surface area contributed by atoms with Crippen molar-refractivity contribution >= 4 is 28.4 Å². The highest BCUT2D eigenvalue weighted by molar-refractivity contribution is 5.92. The standard InChI is InChI=1S/C27H26F3N5O3/c1-15-9-16(10-24(36)34-18-13-33-35(14-18)26(2,3)4)20(28)12-23(15)38-22-7-8-32-21-6-5-17(11-19(21)22)27(29,30)25(31)37/h5-9,11-14H,10H2,1-4H3,(H2,31,37)(H,34,36). The molecule has 38 heavy (non-hydrogen) atoms. The van der Waals surface area contributed by atoms with Gasteiger partial charge in [0.15, 0.2) is 0 Å². The summed E-state index contributed by atoms with van der Waals surface area (Å²) in [5.41, 5.74) is 5.45. The smallest absolute Gasteiger partial charge is 0.349 e. The largest absolute Gasteiger partial charge is 0.456 e. The fourth-order valence-corrected chi connectivity index (χ4v) is 3.77. The molecular weight excluding hydrogens is 499 g/mol. The summed E-state index contributed by atoms with van der Waals surface area (Å²) < 4.78 is 51.0. The molecular formula is C27H26F3N5O3. The summed E-state index contributed by atoms with van der Waals surface area (Å²) in [7, 11) is 0. The number of ether oxygens (including phenoxy) is 1. The first-order valence-electron chi connectivity index (χ1n) is 11.6. The van der Waals surface area contributed by atoms with Gasteiger partial charge in [-0.2, -0.15) is 13.9 Å². The van der Waals surface area contributed by atoms with Crippen LogP contribution in [0.5, 0.6) is 11.5 Å². The van der Waals surface area contributed by atoms with Crippen molar-refractivity contribution < 1.29 is 27.5 Å². The zero-order chi connectivity index (χ0) is 27.8. The van der Waals surface area contributed by atoms with E-state index < -0.39 is 29.1 Å². The van der Waals surface area contributed by atoms with Gasteiger partial charge in [-0.15, -0.1) is 0 Å². The van der Waals surface area contributed by atoms with Crippen LogP contribution in [0.15, 0.2) is 55.0 Å². The molecule has 2 heterocycles. The molecule has 0 spiro atoms. The van der Waals surface area contributed by atoms with E-state index in [9.17, 15) is 22.8 Å². The summed E-state index contributed by atoms with van der Waals surface area (Å²) in [6.07, 6.45) is 4.40. The van der Waals surface area contributed by atoms with Crippen molar-refractivity contribution in [1.29, 1.82) is 0 Å².